The maximum atomic E-state index is 11.8. The molecule has 6 nitrogen and oxygen atoms in total. The van der Waals surface area contributed by atoms with Gasteiger partial charge in [0, 0.05) is 12.6 Å². The third kappa shape index (κ3) is 5.54. The first-order chi connectivity index (χ1) is 8.84. The Bertz CT molecular complexity index is 366. The first-order valence-corrected chi connectivity index (χ1v) is 6.19. The molecule has 2 N–H and O–H groups in total. The van der Waals surface area contributed by atoms with Crippen LogP contribution in [-0.2, 0) is 14.4 Å². The van der Waals surface area contributed by atoms with Crippen molar-refractivity contribution in [2.45, 2.75) is 33.2 Å². The molecule has 0 unspecified atom stereocenters. The van der Waals surface area contributed by atoms with E-state index in [0.29, 0.717) is 6.41 Å². The highest BCUT2D eigenvalue weighted by Crippen LogP contribution is 2.16. The molecule has 2 atom stereocenters. The molecule has 0 fully saturated rings. The smallest absolute Gasteiger partial charge is 0.331 e. The summed E-state index contributed by atoms with van der Waals surface area (Å²) >= 11 is 0. The van der Waals surface area contributed by atoms with Gasteiger partial charge in [-0.05, 0) is 12.8 Å². The molecule has 0 saturated heterocycles. The van der Waals surface area contributed by atoms with Crippen molar-refractivity contribution in [3.8, 4) is 0 Å². The Balaban J connectivity index is 5.04. The van der Waals surface area contributed by atoms with Crippen molar-refractivity contribution in [1.29, 1.82) is 0 Å². The van der Waals surface area contributed by atoms with Crippen LogP contribution in [0.25, 0.3) is 0 Å². The van der Waals surface area contributed by atoms with Crippen LogP contribution >= 0.6 is 0 Å². The molecule has 2 amide bonds. The minimum Gasteiger partial charge on any atom is -0.478 e. The lowest BCUT2D eigenvalue weighted by Crippen LogP contribution is -2.44. The number of nitrogens with zero attached hydrogens (tertiary/aromatic N) is 1. The topological polar surface area (TPSA) is 86.7 Å². The Morgan fingerprint density at radius 2 is 2.00 bits per heavy atom. The monoisotopic (exact) mass is 270 g/mol. The van der Waals surface area contributed by atoms with E-state index < -0.39 is 5.97 Å². The summed E-state index contributed by atoms with van der Waals surface area (Å²) in [6.07, 6.45) is 2.85. The Morgan fingerprint density at radius 3 is 2.42 bits per heavy atom. The van der Waals surface area contributed by atoms with Gasteiger partial charge < -0.3 is 15.3 Å². The third-order valence-electron chi connectivity index (χ3n) is 3.16. The second-order valence-electron chi connectivity index (χ2n) is 4.53. The standard InChI is InChI=1S/C13H22N2O4/c1-5-9(2)11(6-10(3)13(18)19)15(4)12(17)7-14-8-16/h6,8-9,11H,5,7H2,1-4H3,(H,14,16)(H,18,19)/t9-,11+/m0/s1. The Hall–Kier alpha value is -1.85. The average molecular weight is 270 g/mol. The summed E-state index contributed by atoms with van der Waals surface area (Å²) in [6, 6.07) is -0.304. The predicted octanol–water partition coefficient (Wildman–Crippen LogP) is 0.636. The summed E-state index contributed by atoms with van der Waals surface area (Å²) in [5.41, 5.74) is 0.202. The Morgan fingerprint density at radius 1 is 1.42 bits per heavy atom. The van der Waals surface area contributed by atoms with E-state index >= 15 is 0 Å². The number of rotatable bonds is 8. The zero-order chi connectivity index (χ0) is 15.0. The molecule has 0 bridgehead atoms. The fourth-order valence-corrected chi connectivity index (χ4v) is 1.65. The number of likely N-dealkylation sites (N-methyl/N-ethyl adjacent to an activating group) is 1. The minimum absolute atomic E-state index is 0.0904. The van der Waals surface area contributed by atoms with E-state index in [1.807, 2.05) is 13.8 Å². The van der Waals surface area contributed by atoms with E-state index in [9.17, 15) is 14.4 Å². The second kappa shape index (κ2) is 8.29. The number of nitrogens with one attached hydrogen (secondary N) is 1. The van der Waals surface area contributed by atoms with Crippen molar-refractivity contribution in [3.63, 3.8) is 0 Å². The molecule has 0 heterocycles. The number of carboxylic acids is 1. The van der Waals surface area contributed by atoms with Crippen molar-refractivity contribution in [1.82, 2.24) is 10.2 Å². The first-order valence-electron chi connectivity index (χ1n) is 6.19. The maximum absolute atomic E-state index is 11.8. The first kappa shape index (κ1) is 17.2. The molecule has 0 aliphatic heterocycles. The highest BCUT2D eigenvalue weighted by molar-refractivity contribution is 5.86. The van der Waals surface area contributed by atoms with Crippen LogP contribution in [0.2, 0.25) is 0 Å². The number of carbonyl (C=O) groups excluding carboxylic acids is 2. The lowest BCUT2D eigenvalue weighted by molar-refractivity contribution is -0.133. The van der Waals surface area contributed by atoms with Gasteiger partial charge in [0.1, 0.15) is 0 Å². The van der Waals surface area contributed by atoms with Crippen LogP contribution in [0, 0.1) is 5.92 Å². The number of aliphatic carboxylic acids is 1. The van der Waals surface area contributed by atoms with Crippen LogP contribution in [0.3, 0.4) is 0 Å². The predicted molar refractivity (Wildman–Crippen MR) is 71.5 cm³/mol. The number of amides is 2. The van der Waals surface area contributed by atoms with Gasteiger partial charge in [-0.25, -0.2) is 4.79 Å². The van der Waals surface area contributed by atoms with Crippen LogP contribution < -0.4 is 5.32 Å². The summed E-state index contributed by atoms with van der Waals surface area (Å²) in [5.74, 6) is -1.13. The highest BCUT2D eigenvalue weighted by Gasteiger charge is 2.23. The van der Waals surface area contributed by atoms with Crippen molar-refractivity contribution >= 4 is 18.3 Å². The van der Waals surface area contributed by atoms with Crippen LogP contribution in [-0.4, -0.2) is 47.9 Å². The number of hydrogen-bond acceptors (Lipinski definition) is 3. The highest BCUT2D eigenvalue weighted by atomic mass is 16.4. The van der Waals surface area contributed by atoms with Gasteiger partial charge in [0.2, 0.25) is 12.3 Å². The molecule has 0 aromatic heterocycles. The fourth-order valence-electron chi connectivity index (χ4n) is 1.65. The molecule has 0 aliphatic carbocycles. The summed E-state index contributed by atoms with van der Waals surface area (Å²) in [4.78, 5) is 34.4. The zero-order valence-electron chi connectivity index (χ0n) is 11.8. The average Bonchev–Trinajstić information content (AvgIpc) is 2.39. The van der Waals surface area contributed by atoms with E-state index in [1.165, 1.54) is 11.8 Å². The number of carbonyl (C=O) groups is 3. The maximum Gasteiger partial charge on any atom is 0.331 e. The second-order valence-corrected chi connectivity index (χ2v) is 4.53. The van der Waals surface area contributed by atoms with E-state index in [2.05, 4.69) is 5.32 Å². The van der Waals surface area contributed by atoms with Gasteiger partial charge in [0.25, 0.3) is 0 Å². The van der Waals surface area contributed by atoms with Crippen molar-refractivity contribution in [3.05, 3.63) is 11.6 Å². The molecular formula is C13H22N2O4. The summed E-state index contributed by atoms with van der Waals surface area (Å²) in [5, 5.41) is 11.2. The van der Waals surface area contributed by atoms with Gasteiger partial charge in [0.05, 0.1) is 12.6 Å². The van der Waals surface area contributed by atoms with Crippen LogP contribution in [0.1, 0.15) is 27.2 Å². The number of carboxylic acid groups (broad SMARTS) is 1. The van der Waals surface area contributed by atoms with E-state index in [4.69, 9.17) is 5.11 Å². The van der Waals surface area contributed by atoms with Gasteiger partial charge >= 0.3 is 5.97 Å². The van der Waals surface area contributed by atoms with Crippen molar-refractivity contribution in [2.24, 2.45) is 5.92 Å². The molecule has 0 aromatic rings. The Kier molecular flexibility index (Phi) is 7.48. The van der Waals surface area contributed by atoms with Gasteiger partial charge in [0.15, 0.2) is 0 Å². The number of hydrogen-bond donors (Lipinski definition) is 2. The van der Waals surface area contributed by atoms with Gasteiger partial charge in [-0.2, -0.15) is 0 Å². The molecule has 19 heavy (non-hydrogen) atoms. The molecule has 0 rings (SSSR count). The van der Waals surface area contributed by atoms with Crippen LogP contribution in [0.4, 0.5) is 0 Å². The lowest BCUT2D eigenvalue weighted by atomic mass is 9.95. The largest absolute Gasteiger partial charge is 0.478 e. The molecular weight excluding hydrogens is 248 g/mol. The summed E-state index contributed by atoms with van der Waals surface area (Å²) < 4.78 is 0. The normalized spacial score (nSPS) is 14.4. The molecule has 108 valence electrons. The van der Waals surface area contributed by atoms with Crippen LogP contribution in [0.5, 0.6) is 0 Å². The molecule has 0 saturated carbocycles. The molecule has 6 heteroatoms. The van der Waals surface area contributed by atoms with Crippen molar-refractivity contribution < 1.29 is 19.5 Å². The molecule has 0 aliphatic rings. The van der Waals surface area contributed by atoms with Gasteiger partial charge in [-0.15, -0.1) is 0 Å². The lowest BCUT2D eigenvalue weighted by Gasteiger charge is -2.30. The fraction of sp³-hybridized carbons (Fsp3) is 0.615. The summed E-state index contributed by atoms with van der Waals surface area (Å²) in [7, 11) is 1.61. The zero-order valence-corrected chi connectivity index (χ0v) is 11.8. The quantitative estimate of drug-likeness (QED) is 0.500. The van der Waals surface area contributed by atoms with Crippen LogP contribution in [0.15, 0.2) is 11.6 Å². The molecule has 0 aromatic carbocycles. The van der Waals surface area contributed by atoms with E-state index in [1.54, 1.807) is 13.1 Å². The van der Waals surface area contributed by atoms with Gasteiger partial charge in [-0.1, -0.05) is 26.3 Å². The van der Waals surface area contributed by atoms with E-state index in [-0.39, 0.29) is 30.0 Å². The molecule has 0 spiro atoms. The third-order valence-corrected chi connectivity index (χ3v) is 3.16. The SMILES string of the molecule is CC[C@H](C)[C@@H](C=C(C)C(=O)O)N(C)C(=O)CNC=O. The van der Waals surface area contributed by atoms with Crippen molar-refractivity contribution in [2.75, 3.05) is 13.6 Å². The van der Waals surface area contributed by atoms with E-state index in [0.717, 1.165) is 6.42 Å². The minimum atomic E-state index is -1.000. The van der Waals surface area contributed by atoms with Gasteiger partial charge in [-0.3, -0.25) is 9.59 Å². The molecule has 0 radical (unpaired) electrons. The summed E-state index contributed by atoms with van der Waals surface area (Å²) in [6.45, 7) is 5.34. The Labute approximate surface area is 113 Å².